The van der Waals surface area contributed by atoms with Crippen LogP contribution in [0.1, 0.15) is 30.9 Å². The maximum Gasteiger partial charge on any atom is 0.0474 e. The van der Waals surface area contributed by atoms with E-state index >= 15 is 0 Å². The molecule has 0 aliphatic rings. The third kappa shape index (κ3) is 2.89. The maximum atomic E-state index is 5.78. The molecule has 0 amide bonds. The third-order valence-corrected chi connectivity index (χ3v) is 3.33. The van der Waals surface area contributed by atoms with Crippen LogP contribution in [0.15, 0.2) is 48.5 Å². The Hall–Kier alpha value is -1.27. The number of benzene rings is 2. The van der Waals surface area contributed by atoms with Gasteiger partial charge in [0, 0.05) is 5.88 Å². The van der Waals surface area contributed by atoms with Gasteiger partial charge in [-0.05, 0) is 28.2 Å². The molecule has 0 fully saturated rings. The molecule has 0 bridgehead atoms. The lowest BCUT2D eigenvalue weighted by Gasteiger charge is -2.07. The van der Waals surface area contributed by atoms with E-state index in [2.05, 4.69) is 62.4 Å². The molecule has 17 heavy (non-hydrogen) atoms. The van der Waals surface area contributed by atoms with Gasteiger partial charge in [-0.2, -0.15) is 0 Å². The molecule has 88 valence electrons. The fourth-order valence-corrected chi connectivity index (χ4v) is 2.02. The van der Waals surface area contributed by atoms with Crippen LogP contribution in [0.4, 0.5) is 0 Å². The van der Waals surface area contributed by atoms with Crippen LogP contribution in [0.25, 0.3) is 11.1 Å². The van der Waals surface area contributed by atoms with Crippen molar-refractivity contribution in [1.82, 2.24) is 0 Å². The highest BCUT2D eigenvalue weighted by molar-refractivity contribution is 6.17. The quantitative estimate of drug-likeness (QED) is 0.650. The van der Waals surface area contributed by atoms with Crippen molar-refractivity contribution in [3.63, 3.8) is 0 Å². The second-order valence-corrected chi connectivity index (χ2v) is 4.87. The molecular formula is C16H17Cl. The summed E-state index contributed by atoms with van der Waals surface area (Å²) in [6.07, 6.45) is 0. The van der Waals surface area contributed by atoms with E-state index in [4.69, 9.17) is 11.6 Å². The average Bonchev–Trinajstić information content (AvgIpc) is 2.39. The van der Waals surface area contributed by atoms with E-state index < -0.39 is 0 Å². The molecule has 0 unspecified atom stereocenters. The van der Waals surface area contributed by atoms with Gasteiger partial charge < -0.3 is 0 Å². The van der Waals surface area contributed by atoms with Crippen molar-refractivity contribution in [2.45, 2.75) is 25.6 Å². The minimum absolute atomic E-state index is 0.576. The number of rotatable bonds is 3. The molecular weight excluding hydrogens is 228 g/mol. The summed E-state index contributed by atoms with van der Waals surface area (Å²) in [7, 11) is 0. The van der Waals surface area contributed by atoms with Crippen LogP contribution >= 0.6 is 11.6 Å². The van der Waals surface area contributed by atoms with Gasteiger partial charge in [-0.1, -0.05) is 62.4 Å². The van der Waals surface area contributed by atoms with E-state index in [-0.39, 0.29) is 0 Å². The Morgan fingerprint density at radius 2 is 1.29 bits per heavy atom. The molecule has 2 rings (SSSR count). The first-order valence-electron chi connectivity index (χ1n) is 5.96. The van der Waals surface area contributed by atoms with Crippen molar-refractivity contribution in [1.29, 1.82) is 0 Å². The Balaban J connectivity index is 2.26. The van der Waals surface area contributed by atoms with Gasteiger partial charge in [0.05, 0.1) is 0 Å². The van der Waals surface area contributed by atoms with Crippen LogP contribution in [0, 0.1) is 0 Å². The van der Waals surface area contributed by atoms with E-state index in [9.17, 15) is 0 Å². The van der Waals surface area contributed by atoms with Gasteiger partial charge in [-0.3, -0.25) is 0 Å². The molecule has 0 saturated carbocycles. The molecule has 0 saturated heterocycles. The van der Waals surface area contributed by atoms with Crippen molar-refractivity contribution in [3.05, 3.63) is 59.7 Å². The number of hydrogen-bond acceptors (Lipinski definition) is 0. The summed E-state index contributed by atoms with van der Waals surface area (Å²) in [5.74, 6) is 1.16. The SMILES string of the molecule is CC(C)c1ccc(-c2ccc(CCl)cc2)cc1. The van der Waals surface area contributed by atoms with Crippen molar-refractivity contribution in [2.24, 2.45) is 0 Å². The molecule has 0 spiro atoms. The highest BCUT2D eigenvalue weighted by Crippen LogP contribution is 2.23. The normalized spacial score (nSPS) is 10.8. The van der Waals surface area contributed by atoms with Crippen LogP contribution in [0.5, 0.6) is 0 Å². The minimum atomic E-state index is 0.576. The molecule has 0 atom stereocenters. The van der Waals surface area contributed by atoms with Gasteiger partial charge in [0.1, 0.15) is 0 Å². The Kier molecular flexibility index (Phi) is 3.86. The van der Waals surface area contributed by atoms with Gasteiger partial charge in [-0.25, -0.2) is 0 Å². The molecule has 2 aromatic carbocycles. The van der Waals surface area contributed by atoms with E-state index in [1.54, 1.807) is 0 Å². The molecule has 1 heteroatoms. The van der Waals surface area contributed by atoms with Gasteiger partial charge in [0.25, 0.3) is 0 Å². The number of hydrogen-bond donors (Lipinski definition) is 0. The Bertz CT molecular complexity index is 466. The fourth-order valence-electron chi connectivity index (χ4n) is 1.85. The predicted molar refractivity (Wildman–Crippen MR) is 75.5 cm³/mol. The van der Waals surface area contributed by atoms with Crippen LogP contribution < -0.4 is 0 Å². The molecule has 0 radical (unpaired) electrons. The third-order valence-electron chi connectivity index (χ3n) is 3.02. The first-order chi connectivity index (χ1) is 8.20. The van der Waals surface area contributed by atoms with Crippen LogP contribution in [-0.4, -0.2) is 0 Å². The molecule has 0 nitrogen and oxygen atoms in total. The summed E-state index contributed by atoms with van der Waals surface area (Å²) in [4.78, 5) is 0. The topological polar surface area (TPSA) is 0 Å². The van der Waals surface area contributed by atoms with E-state index in [1.165, 1.54) is 16.7 Å². The highest BCUT2D eigenvalue weighted by atomic mass is 35.5. The summed E-state index contributed by atoms with van der Waals surface area (Å²) in [5, 5.41) is 0. The summed E-state index contributed by atoms with van der Waals surface area (Å²) in [6, 6.07) is 17.2. The average molecular weight is 245 g/mol. The number of halogens is 1. The molecule has 0 aromatic heterocycles. The monoisotopic (exact) mass is 244 g/mol. The van der Waals surface area contributed by atoms with Gasteiger partial charge in [-0.15, -0.1) is 11.6 Å². The summed E-state index contributed by atoms with van der Waals surface area (Å²) in [6.45, 7) is 4.43. The first-order valence-corrected chi connectivity index (χ1v) is 6.49. The summed E-state index contributed by atoms with van der Waals surface area (Å²) in [5.41, 5.74) is 5.05. The fraction of sp³-hybridized carbons (Fsp3) is 0.250. The van der Waals surface area contributed by atoms with E-state index in [0.29, 0.717) is 11.8 Å². The molecule has 0 aliphatic heterocycles. The lowest BCUT2D eigenvalue weighted by atomic mass is 9.98. The zero-order chi connectivity index (χ0) is 12.3. The second-order valence-electron chi connectivity index (χ2n) is 4.61. The van der Waals surface area contributed by atoms with Crippen molar-refractivity contribution >= 4 is 11.6 Å². The lowest BCUT2D eigenvalue weighted by molar-refractivity contribution is 0.867. The molecule has 0 aliphatic carbocycles. The van der Waals surface area contributed by atoms with Gasteiger partial charge >= 0.3 is 0 Å². The van der Waals surface area contributed by atoms with Crippen molar-refractivity contribution in [3.8, 4) is 11.1 Å². The predicted octanol–water partition coefficient (Wildman–Crippen LogP) is 5.22. The highest BCUT2D eigenvalue weighted by Gasteiger charge is 2.01. The van der Waals surface area contributed by atoms with E-state index in [0.717, 1.165) is 5.56 Å². The number of alkyl halides is 1. The summed E-state index contributed by atoms with van der Waals surface area (Å²) < 4.78 is 0. The van der Waals surface area contributed by atoms with Crippen molar-refractivity contribution < 1.29 is 0 Å². The molecule has 0 N–H and O–H groups in total. The Labute approximate surface area is 108 Å². The zero-order valence-electron chi connectivity index (χ0n) is 10.3. The Morgan fingerprint density at radius 1 is 0.824 bits per heavy atom. The smallest absolute Gasteiger partial charge is 0.0474 e. The lowest BCUT2D eigenvalue weighted by Crippen LogP contribution is -1.87. The van der Waals surface area contributed by atoms with Gasteiger partial charge in [0.15, 0.2) is 0 Å². The second kappa shape index (κ2) is 5.37. The molecule has 0 heterocycles. The van der Waals surface area contributed by atoms with Crippen LogP contribution in [-0.2, 0) is 5.88 Å². The first kappa shape index (κ1) is 12.2. The summed E-state index contributed by atoms with van der Waals surface area (Å²) >= 11 is 5.78. The standard InChI is InChI=1S/C16H17Cl/c1-12(2)14-7-9-16(10-8-14)15-5-3-13(11-17)4-6-15/h3-10,12H,11H2,1-2H3. The van der Waals surface area contributed by atoms with Gasteiger partial charge in [0.2, 0.25) is 0 Å². The Morgan fingerprint density at radius 3 is 1.71 bits per heavy atom. The van der Waals surface area contributed by atoms with Crippen LogP contribution in [0.2, 0.25) is 0 Å². The largest absolute Gasteiger partial charge is 0.122 e. The van der Waals surface area contributed by atoms with E-state index in [1.807, 2.05) is 0 Å². The van der Waals surface area contributed by atoms with Crippen LogP contribution in [0.3, 0.4) is 0 Å². The van der Waals surface area contributed by atoms with Crippen molar-refractivity contribution in [2.75, 3.05) is 0 Å². The molecule has 2 aromatic rings. The maximum absolute atomic E-state index is 5.78. The zero-order valence-corrected chi connectivity index (χ0v) is 11.0. The minimum Gasteiger partial charge on any atom is -0.122 e.